The Morgan fingerprint density at radius 1 is 1.11 bits per heavy atom. The van der Waals surface area contributed by atoms with E-state index < -0.39 is 17.3 Å². The minimum atomic E-state index is -4.41. The highest BCUT2D eigenvalue weighted by atomic mass is 32.1. The molecular formula is C27H23F3N4O2S2. The summed E-state index contributed by atoms with van der Waals surface area (Å²) in [7, 11) is 0. The quantitative estimate of drug-likeness (QED) is 0.325. The number of likely N-dealkylation sites (tertiary alicyclic amines) is 1. The molecule has 4 heterocycles. The van der Waals surface area contributed by atoms with Gasteiger partial charge in [-0.2, -0.15) is 13.2 Å². The molecule has 1 amide bonds. The summed E-state index contributed by atoms with van der Waals surface area (Å²) in [5.41, 5.74) is 1.84. The molecule has 2 aromatic heterocycles. The standard InChI is InChI=1S/C27H23F3N4O2S2/c28-27(29,30)19-3-1-2-16(9-19)17-4-5-22-18(8-17)10-23(38-22)25(36)34-11-20(12-34)33-26(6-7-31-14-26)24(35)21-13-37-15-32-21/h1-5,8-10,13,15,20,31,33H,6-7,11-12,14H2/t26-/m0/s1. The van der Waals surface area contributed by atoms with Crippen LogP contribution in [-0.4, -0.2) is 59.3 Å². The lowest BCUT2D eigenvalue weighted by Gasteiger charge is -2.43. The summed E-state index contributed by atoms with van der Waals surface area (Å²) in [5, 5.41) is 9.35. The first-order valence-electron chi connectivity index (χ1n) is 12.1. The molecule has 4 aromatic rings. The van der Waals surface area contributed by atoms with Gasteiger partial charge in [0.25, 0.3) is 5.91 Å². The van der Waals surface area contributed by atoms with Crippen molar-refractivity contribution < 1.29 is 22.8 Å². The topological polar surface area (TPSA) is 74.3 Å². The summed E-state index contributed by atoms with van der Waals surface area (Å²) in [5.74, 6) is -0.107. The van der Waals surface area contributed by atoms with Gasteiger partial charge in [-0.3, -0.25) is 14.9 Å². The van der Waals surface area contributed by atoms with Crippen LogP contribution in [0.15, 0.2) is 59.4 Å². The van der Waals surface area contributed by atoms with E-state index >= 15 is 0 Å². The molecule has 2 aliphatic rings. The largest absolute Gasteiger partial charge is 0.416 e. The number of hydrogen-bond donors (Lipinski definition) is 2. The maximum Gasteiger partial charge on any atom is 0.416 e. The molecule has 2 saturated heterocycles. The number of carbonyl (C=O) groups excluding carboxylic acids is 2. The van der Waals surface area contributed by atoms with Crippen molar-refractivity contribution in [3.05, 3.63) is 75.6 Å². The molecule has 2 fully saturated rings. The molecule has 1 atom stereocenters. The number of halogens is 3. The van der Waals surface area contributed by atoms with Crippen molar-refractivity contribution in [3.8, 4) is 11.1 Å². The van der Waals surface area contributed by atoms with E-state index in [1.54, 1.807) is 34.0 Å². The summed E-state index contributed by atoms with van der Waals surface area (Å²) in [6.45, 7) is 2.25. The van der Waals surface area contributed by atoms with Crippen LogP contribution in [0.4, 0.5) is 13.2 Å². The molecular weight excluding hydrogens is 533 g/mol. The van der Waals surface area contributed by atoms with Crippen molar-refractivity contribution in [1.29, 1.82) is 0 Å². The van der Waals surface area contributed by atoms with Gasteiger partial charge in [0.15, 0.2) is 0 Å². The Kier molecular flexibility index (Phi) is 6.34. The Hall–Kier alpha value is -3.12. The lowest BCUT2D eigenvalue weighted by atomic mass is 9.89. The molecule has 6 nitrogen and oxygen atoms in total. The molecule has 38 heavy (non-hydrogen) atoms. The van der Waals surface area contributed by atoms with E-state index in [2.05, 4.69) is 15.6 Å². The predicted molar refractivity (Wildman–Crippen MR) is 142 cm³/mol. The first kappa shape index (κ1) is 25.2. The number of nitrogens with one attached hydrogen (secondary N) is 2. The third-order valence-corrected chi connectivity index (χ3v) is 8.84. The molecule has 196 valence electrons. The van der Waals surface area contributed by atoms with Crippen LogP contribution in [0.5, 0.6) is 0 Å². The van der Waals surface area contributed by atoms with Crippen molar-refractivity contribution in [2.75, 3.05) is 26.2 Å². The van der Waals surface area contributed by atoms with E-state index in [0.717, 1.165) is 28.8 Å². The van der Waals surface area contributed by atoms with E-state index in [9.17, 15) is 22.8 Å². The summed E-state index contributed by atoms with van der Waals surface area (Å²) in [4.78, 5) is 32.8. The van der Waals surface area contributed by atoms with Gasteiger partial charge in [-0.25, -0.2) is 4.98 Å². The fourth-order valence-corrected chi connectivity index (χ4v) is 6.67. The Labute approximate surface area is 224 Å². The zero-order valence-corrected chi connectivity index (χ0v) is 21.7. The number of benzene rings is 2. The summed E-state index contributed by atoms with van der Waals surface area (Å²) >= 11 is 2.76. The third kappa shape index (κ3) is 4.64. The van der Waals surface area contributed by atoms with Crippen LogP contribution in [0.1, 0.15) is 32.1 Å². The Morgan fingerprint density at radius 3 is 2.63 bits per heavy atom. The molecule has 0 radical (unpaired) electrons. The summed E-state index contributed by atoms with van der Waals surface area (Å²) in [6, 6.07) is 12.5. The van der Waals surface area contributed by atoms with Crippen LogP contribution in [0, 0.1) is 0 Å². The van der Waals surface area contributed by atoms with Crippen molar-refractivity contribution in [3.63, 3.8) is 0 Å². The fourth-order valence-electron chi connectivity index (χ4n) is 5.13. The monoisotopic (exact) mass is 556 g/mol. The minimum absolute atomic E-state index is 0.00308. The fraction of sp³-hybridized carbons (Fsp3) is 0.296. The minimum Gasteiger partial charge on any atom is -0.335 e. The molecule has 0 bridgehead atoms. The smallest absolute Gasteiger partial charge is 0.335 e. The van der Waals surface area contributed by atoms with E-state index in [0.29, 0.717) is 47.8 Å². The van der Waals surface area contributed by atoms with Gasteiger partial charge < -0.3 is 10.2 Å². The number of Topliss-reactive ketones (excluding diaryl/α,β-unsaturated/α-hetero) is 1. The number of amides is 1. The number of thiazole rings is 1. The average molecular weight is 557 g/mol. The van der Waals surface area contributed by atoms with E-state index in [4.69, 9.17) is 0 Å². The number of aromatic nitrogens is 1. The number of ketones is 1. The second-order valence-corrected chi connectivity index (χ2v) is 11.5. The maximum absolute atomic E-state index is 13.2. The van der Waals surface area contributed by atoms with Crippen LogP contribution in [0.3, 0.4) is 0 Å². The van der Waals surface area contributed by atoms with Gasteiger partial charge in [-0.15, -0.1) is 22.7 Å². The lowest BCUT2D eigenvalue weighted by Crippen LogP contribution is -2.67. The average Bonchev–Trinajstić information content (AvgIpc) is 3.65. The number of alkyl halides is 3. The van der Waals surface area contributed by atoms with E-state index in [-0.39, 0.29) is 17.7 Å². The second-order valence-electron chi connectivity index (χ2n) is 9.70. The first-order chi connectivity index (χ1) is 18.2. The van der Waals surface area contributed by atoms with Crippen LogP contribution >= 0.6 is 22.7 Å². The number of rotatable bonds is 6. The SMILES string of the molecule is O=C(c1cc2cc(-c3cccc(C(F)(F)F)c3)ccc2s1)N1CC(N[C@@]2(C(=O)c3cscn3)CCNC2)C1. The number of nitrogens with zero attached hydrogens (tertiary/aromatic N) is 2. The summed E-state index contributed by atoms with van der Waals surface area (Å²) in [6.07, 6.45) is -3.74. The van der Waals surface area contributed by atoms with Gasteiger partial charge in [0.05, 0.1) is 21.5 Å². The predicted octanol–water partition coefficient (Wildman–Crippen LogP) is 5.07. The van der Waals surface area contributed by atoms with Crippen molar-refractivity contribution in [2.45, 2.75) is 24.2 Å². The Bertz CT molecular complexity index is 1500. The molecule has 0 spiro atoms. The number of carbonyl (C=O) groups is 2. The van der Waals surface area contributed by atoms with Gasteiger partial charge in [0.1, 0.15) is 5.69 Å². The van der Waals surface area contributed by atoms with Crippen LogP contribution in [0.2, 0.25) is 0 Å². The molecule has 0 aliphatic carbocycles. The zero-order valence-electron chi connectivity index (χ0n) is 20.0. The van der Waals surface area contributed by atoms with Crippen LogP contribution in [0.25, 0.3) is 21.2 Å². The molecule has 11 heteroatoms. The van der Waals surface area contributed by atoms with E-state index in [1.807, 2.05) is 12.1 Å². The lowest BCUT2D eigenvalue weighted by molar-refractivity contribution is -0.137. The second kappa shape index (κ2) is 9.57. The van der Waals surface area contributed by atoms with Gasteiger partial charge in [0, 0.05) is 35.8 Å². The van der Waals surface area contributed by atoms with Crippen LogP contribution < -0.4 is 10.6 Å². The summed E-state index contributed by atoms with van der Waals surface area (Å²) < 4.78 is 40.3. The highest BCUT2D eigenvalue weighted by molar-refractivity contribution is 7.20. The van der Waals surface area contributed by atoms with Crippen molar-refractivity contribution >= 4 is 44.5 Å². The zero-order chi connectivity index (χ0) is 26.5. The Morgan fingerprint density at radius 2 is 1.92 bits per heavy atom. The van der Waals surface area contributed by atoms with Crippen molar-refractivity contribution in [2.24, 2.45) is 0 Å². The van der Waals surface area contributed by atoms with Gasteiger partial charge in [0.2, 0.25) is 5.78 Å². The number of hydrogen-bond acceptors (Lipinski definition) is 7. The normalized spacial score (nSPS) is 20.1. The van der Waals surface area contributed by atoms with Crippen molar-refractivity contribution in [1.82, 2.24) is 20.5 Å². The Balaban J connectivity index is 1.14. The van der Waals surface area contributed by atoms with Gasteiger partial charge in [-0.05, 0) is 59.8 Å². The highest BCUT2D eigenvalue weighted by Gasteiger charge is 2.46. The maximum atomic E-state index is 13.2. The molecule has 2 aliphatic heterocycles. The van der Waals surface area contributed by atoms with E-state index in [1.165, 1.54) is 28.7 Å². The highest BCUT2D eigenvalue weighted by Crippen LogP contribution is 2.35. The molecule has 2 N–H and O–H groups in total. The van der Waals surface area contributed by atoms with Crippen LogP contribution in [-0.2, 0) is 6.18 Å². The third-order valence-electron chi connectivity index (χ3n) is 7.15. The molecule has 6 rings (SSSR count). The first-order valence-corrected chi connectivity index (χ1v) is 13.9. The molecule has 0 saturated carbocycles. The molecule has 2 aromatic carbocycles. The van der Waals surface area contributed by atoms with Gasteiger partial charge >= 0.3 is 6.18 Å². The number of thiophene rings is 1. The molecule has 0 unspecified atom stereocenters. The van der Waals surface area contributed by atoms with Gasteiger partial charge in [-0.1, -0.05) is 18.2 Å². The number of fused-ring (bicyclic) bond motifs is 1.